The van der Waals surface area contributed by atoms with Gasteiger partial charge in [-0.15, -0.1) is 0 Å². The minimum atomic E-state index is 0.669. The van der Waals surface area contributed by atoms with Gasteiger partial charge in [0.05, 0.1) is 17.2 Å². The summed E-state index contributed by atoms with van der Waals surface area (Å²) in [5.41, 5.74) is 1.94. The standard InChI is InChI=1S/C13H14BrN3/c14-7-8-17(10-5-6-10)13-9-15-11-3-1-2-4-12(11)16-13/h1-4,9-10H,5-8H2. The summed E-state index contributed by atoms with van der Waals surface area (Å²) in [6.07, 6.45) is 4.45. The van der Waals surface area contributed by atoms with Crippen LogP contribution in [0.5, 0.6) is 0 Å². The van der Waals surface area contributed by atoms with Crippen LogP contribution in [0.15, 0.2) is 30.5 Å². The largest absolute Gasteiger partial charge is 0.351 e. The number of rotatable bonds is 4. The topological polar surface area (TPSA) is 29.0 Å². The summed E-state index contributed by atoms with van der Waals surface area (Å²) in [6, 6.07) is 8.69. The Morgan fingerprint density at radius 2 is 2.00 bits per heavy atom. The van der Waals surface area contributed by atoms with Crippen LogP contribution in [-0.2, 0) is 0 Å². The average molecular weight is 292 g/mol. The van der Waals surface area contributed by atoms with E-state index in [1.54, 1.807) is 0 Å². The molecule has 17 heavy (non-hydrogen) atoms. The summed E-state index contributed by atoms with van der Waals surface area (Å²) in [4.78, 5) is 11.5. The molecule has 1 aliphatic rings. The molecule has 0 amide bonds. The first-order valence-electron chi connectivity index (χ1n) is 5.93. The van der Waals surface area contributed by atoms with Crippen molar-refractivity contribution >= 4 is 32.8 Å². The van der Waals surface area contributed by atoms with Gasteiger partial charge >= 0.3 is 0 Å². The Bertz CT molecular complexity index is 525. The number of para-hydroxylation sites is 2. The van der Waals surface area contributed by atoms with Gasteiger partial charge in [0.1, 0.15) is 5.82 Å². The highest BCUT2D eigenvalue weighted by atomic mass is 79.9. The van der Waals surface area contributed by atoms with Crippen LogP contribution in [0.4, 0.5) is 5.82 Å². The van der Waals surface area contributed by atoms with Crippen LogP contribution in [0, 0.1) is 0 Å². The van der Waals surface area contributed by atoms with Gasteiger partial charge in [-0.25, -0.2) is 4.98 Å². The van der Waals surface area contributed by atoms with Crippen molar-refractivity contribution in [3.05, 3.63) is 30.5 Å². The lowest BCUT2D eigenvalue weighted by molar-refractivity contribution is 0.815. The number of hydrogen-bond donors (Lipinski definition) is 0. The molecule has 0 bridgehead atoms. The number of alkyl halides is 1. The molecular formula is C13H14BrN3. The van der Waals surface area contributed by atoms with Crippen molar-refractivity contribution in [2.45, 2.75) is 18.9 Å². The van der Waals surface area contributed by atoms with Crippen molar-refractivity contribution in [2.75, 3.05) is 16.8 Å². The van der Waals surface area contributed by atoms with Crippen molar-refractivity contribution in [1.29, 1.82) is 0 Å². The van der Waals surface area contributed by atoms with E-state index in [-0.39, 0.29) is 0 Å². The summed E-state index contributed by atoms with van der Waals surface area (Å²) in [6.45, 7) is 0.998. The van der Waals surface area contributed by atoms with Gasteiger partial charge < -0.3 is 4.90 Å². The smallest absolute Gasteiger partial charge is 0.148 e. The molecule has 4 heteroatoms. The van der Waals surface area contributed by atoms with Crippen molar-refractivity contribution in [3.63, 3.8) is 0 Å². The number of aromatic nitrogens is 2. The fraction of sp³-hybridized carbons (Fsp3) is 0.385. The predicted octanol–water partition coefficient (Wildman–Crippen LogP) is 2.99. The molecule has 0 N–H and O–H groups in total. The monoisotopic (exact) mass is 291 g/mol. The molecule has 2 aromatic rings. The summed E-state index contributed by atoms with van der Waals surface area (Å²) >= 11 is 3.50. The van der Waals surface area contributed by atoms with Crippen LogP contribution in [-0.4, -0.2) is 27.9 Å². The zero-order valence-electron chi connectivity index (χ0n) is 9.51. The fourth-order valence-corrected chi connectivity index (χ4v) is 2.43. The molecule has 3 nitrogen and oxygen atoms in total. The molecule has 0 aliphatic heterocycles. The van der Waals surface area contributed by atoms with Gasteiger partial charge in [0.25, 0.3) is 0 Å². The lowest BCUT2D eigenvalue weighted by atomic mass is 10.3. The molecule has 1 heterocycles. The van der Waals surface area contributed by atoms with Gasteiger partial charge in [0.2, 0.25) is 0 Å². The molecule has 1 aliphatic carbocycles. The van der Waals surface area contributed by atoms with E-state index in [2.05, 4.69) is 25.8 Å². The van der Waals surface area contributed by atoms with Crippen LogP contribution in [0.1, 0.15) is 12.8 Å². The number of hydrogen-bond acceptors (Lipinski definition) is 3. The second kappa shape index (κ2) is 4.61. The van der Waals surface area contributed by atoms with E-state index >= 15 is 0 Å². The molecule has 1 saturated carbocycles. The molecule has 1 fully saturated rings. The van der Waals surface area contributed by atoms with Crippen molar-refractivity contribution < 1.29 is 0 Å². The summed E-state index contributed by atoms with van der Waals surface area (Å²) in [7, 11) is 0. The fourth-order valence-electron chi connectivity index (χ4n) is 2.05. The molecule has 1 aromatic heterocycles. The quantitative estimate of drug-likeness (QED) is 0.811. The second-order valence-electron chi connectivity index (χ2n) is 4.33. The highest BCUT2D eigenvalue weighted by Crippen LogP contribution is 2.30. The minimum Gasteiger partial charge on any atom is -0.351 e. The first-order valence-corrected chi connectivity index (χ1v) is 7.05. The van der Waals surface area contributed by atoms with Crippen LogP contribution in [0.2, 0.25) is 0 Å². The normalized spacial score (nSPS) is 15.1. The summed E-state index contributed by atoms with van der Waals surface area (Å²) < 4.78 is 0. The highest BCUT2D eigenvalue weighted by molar-refractivity contribution is 9.09. The van der Waals surface area contributed by atoms with Crippen LogP contribution >= 0.6 is 15.9 Å². The van der Waals surface area contributed by atoms with E-state index in [9.17, 15) is 0 Å². The van der Waals surface area contributed by atoms with E-state index in [1.165, 1.54) is 12.8 Å². The summed E-state index contributed by atoms with van der Waals surface area (Å²) in [5, 5.41) is 0.970. The highest BCUT2D eigenvalue weighted by Gasteiger charge is 2.29. The molecule has 0 unspecified atom stereocenters. The van der Waals surface area contributed by atoms with E-state index < -0.39 is 0 Å². The van der Waals surface area contributed by atoms with Crippen LogP contribution in [0.3, 0.4) is 0 Å². The second-order valence-corrected chi connectivity index (χ2v) is 5.12. The maximum atomic E-state index is 4.70. The van der Waals surface area contributed by atoms with Gasteiger partial charge in [-0.3, -0.25) is 4.98 Å². The Hall–Kier alpha value is -1.16. The molecular weight excluding hydrogens is 278 g/mol. The van der Waals surface area contributed by atoms with Crippen LogP contribution in [0.25, 0.3) is 11.0 Å². The van der Waals surface area contributed by atoms with E-state index in [1.807, 2.05) is 30.5 Å². The molecule has 3 rings (SSSR count). The van der Waals surface area contributed by atoms with E-state index in [4.69, 9.17) is 4.98 Å². The first-order chi connectivity index (χ1) is 8.38. The zero-order chi connectivity index (χ0) is 11.7. The Morgan fingerprint density at radius 3 is 2.71 bits per heavy atom. The third-order valence-corrected chi connectivity index (χ3v) is 3.40. The maximum Gasteiger partial charge on any atom is 0.148 e. The first kappa shape index (κ1) is 11.0. The lowest BCUT2D eigenvalue weighted by Gasteiger charge is -2.22. The molecule has 0 radical (unpaired) electrons. The van der Waals surface area contributed by atoms with Gasteiger partial charge in [-0.1, -0.05) is 28.1 Å². The number of fused-ring (bicyclic) bond motifs is 1. The Balaban J connectivity index is 1.97. The van der Waals surface area contributed by atoms with Crippen molar-refractivity contribution in [2.24, 2.45) is 0 Å². The van der Waals surface area contributed by atoms with E-state index in [0.717, 1.165) is 28.7 Å². The van der Waals surface area contributed by atoms with Gasteiger partial charge in [0, 0.05) is 17.9 Å². The lowest BCUT2D eigenvalue weighted by Crippen LogP contribution is -2.28. The third-order valence-electron chi connectivity index (χ3n) is 3.04. The van der Waals surface area contributed by atoms with Gasteiger partial charge in [-0.05, 0) is 25.0 Å². The van der Waals surface area contributed by atoms with Gasteiger partial charge in [-0.2, -0.15) is 0 Å². The zero-order valence-corrected chi connectivity index (χ0v) is 11.1. The number of anilines is 1. The molecule has 1 aromatic carbocycles. The van der Waals surface area contributed by atoms with Gasteiger partial charge in [0.15, 0.2) is 0 Å². The Morgan fingerprint density at radius 1 is 1.24 bits per heavy atom. The van der Waals surface area contributed by atoms with Crippen molar-refractivity contribution in [3.8, 4) is 0 Å². The minimum absolute atomic E-state index is 0.669. The molecule has 0 atom stereocenters. The SMILES string of the molecule is BrCCN(c1cnc2ccccc2n1)C1CC1. The van der Waals surface area contributed by atoms with Crippen molar-refractivity contribution in [1.82, 2.24) is 9.97 Å². The Labute approximate surface area is 109 Å². The average Bonchev–Trinajstić information content (AvgIpc) is 3.20. The maximum absolute atomic E-state index is 4.70. The molecule has 0 spiro atoms. The van der Waals surface area contributed by atoms with E-state index in [0.29, 0.717) is 6.04 Å². The number of benzene rings is 1. The number of halogens is 1. The third kappa shape index (κ3) is 2.27. The number of nitrogens with zero attached hydrogens (tertiary/aromatic N) is 3. The molecule has 0 saturated heterocycles. The molecule has 88 valence electrons. The Kier molecular flexibility index (Phi) is 2.97. The predicted molar refractivity (Wildman–Crippen MR) is 73.7 cm³/mol. The summed E-state index contributed by atoms with van der Waals surface area (Å²) in [5.74, 6) is 1.01. The van der Waals surface area contributed by atoms with Crippen LogP contribution < -0.4 is 4.90 Å².